The van der Waals surface area contributed by atoms with E-state index in [1.807, 2.05) is 30.3 Å². The van der Waals surface area contributed by atoms with Crippen molar-refractivity contribution in [2.45, 2.75) is 0 Å². The summed E-state index contributed by atoms with van der Waals surface area (Å²) in [6.45, 7) is 0. The Morgan fingerprint density at radius 3 is 2.61 bits per heavy atom. The van der Waals surface area contributed by atoms with Crippen molar-refractivity contribution >= 4 is 21.9 Å². The number of hydrogen-bond acceptors (Lipinski definition) is 2. The summed E-state index contributed by atoms with van der Waals surface area (Å²) in [5.74, 6) is -0.237. The summed E-state index contributed by atoms with van der Waals surface area (Å²) in [6, 6.07) is 12.6. The summed E-state index contributed by atoms with van der Waals surface area (Å²) in [7, 11) is 1.59. The normalized spacial score (nSPS) is 10.1. The fourth-order valence-electron chi connectivity index (χ4n) is 1.75. The van der Waals surface area contributed by atoms with Crippen molar-refractivity contribution in [2.75, 3.05) is 7.11 Å². The van der Waals surface area contributed by atoms with Crippen LogP contribution in [0.4, 0.5) is 0 Å². The molecule has 1 N–H and O–H groups in total. The first-order chi connectivity index (χ1) is 8.61. The van der Waals surface area contributed by atoms with E-state index in [4.69, 9.17) is 9.84 Å². The molecular weight excluding hydrogens is 296 g/mol. The fraction of sp³-hybridized carbons (Fsp3) is 0.0714. The van der Waals surface area contributed by atoms with Crippen molar-refractivity contribution in [1.29, 1.82) is 0 Å². The lowest BCUT2D eigenvalue weighted by atomic mass is 10.0. The molecule has 92 valence electrons. The molecule has 2 aromatic carbocycles. The second-order valence-electron chi connectivity index (χ2n) is 3.73. The van der Waals surface area contributed by atoms with E-state index >= 15 is 0 Å². The highest BCUT2D eigenvalue weighted by atomic mass is 79.9. The van der Waals surface area contributed by atoms with Crippen LogP contribution in [0, 0.1) is 0 Å². The van der Waals surface area contributed by atoms with Crippen LogP contribution in [0.25, 0.3) is 11.1 Å². The molecule has 0 fully saturated rings. The maximum Gasteiger partial charge on any atom is 0.335 e. The average Bonchev–Trinajstić information content (AvgIpc) is 2.38. The first-order valence-corrected chi connectivity index (χ1v) is 6.08. The molecule has 0 aromatic heterocycles. The molecule has 0 aliphatic rings. The van der Waals surface area contributed by atoms with E-state index in [1.54, 1.807) is 19.2 Å². The van der Waals surface area contributed by atoms with Gasteiger partial charge in [-0.05, 0) is 29.8 Å². The van der Waals surface area contributed by atoms with Crippen LogP contribution in [-0.2, 0) is 0 Å². The van der Waals surface area contributed by atoms with E-state index in [0.29, 0.717) is 5.75 Å². The van der Waals surface area contributed by atoms with E-state index in [9.17, 15) is 4.79 Å². The van der Waals surface area contributed by atoms with Crippen LogP contribution in [0.1, 0.15) is 10.4 Å². The average molecular weight is 307 g/mol. The summed E-state index contributed by atoms with van der Waals surface area (Å²) >= 11 is 3.32. The van der Waals surface area contributed by atoms with E-state index in [1.165, 1.54) is 0 Å². The monoisotopic (exact) mass is 306 g/mol. The Morgan fingerprint density at radius 2 is 1.94 bits per heavy atom. The molecule has 0 atom stereocenters. The number of halogens is 1. The highest BCUT2D eigenvalue weighted by molar-refractivity contribution is 9.10. The third-order valence-electron chi connectivity index (χ3n) is 2.56. The van der Waals surface area contributed by atoms with Crippen molar-refractivity contribution in [2.24, 2.45) is 0 Å². The van der Waals surface area contributed by atoms with Crippen molar-refractivity contribution in [1.82, 2.24) is 0 Å². The minimum absolute atomic E-state index is 0.241. The quantitative estimate of drug-likeness (QED) is 0.937. The number of rotatable bonds is 3. The summed E-state index contributed by atoms with van der Waals surface area (Å²) in [6.07, 6.45) is 0. The molecule has 2 rings (SSSR count). The van der Waals surface area contributed by atoms with Gasteiger partial charge in [0.2, 0.25) is 0 Å². The number of carboxylic acid groups (broad SMARTS) is 1. The van der Waals surface area contributed by atoms with Gasteiger partial charge in [-0.3, -0.25) is 0 Å². The summed E-state index contributed by atoms with van der Waals surface area (Å²) in [5.41, 5.74) is 1.91. The highest BCUT2D eigenvalue weighted by Crippen LogP contribution is 2.32. The van der Waals surface area contributed by atoms with Gasteiger partial charge in [0.05, 0.1) is 12.7 Å². The highest BCUT2D eigenvalue weighted by Gasteiger charge is 2.10. The first kappa shape index (κ1) is 12.6. The lowest BCUT2D eigenvalue weighted by Crippen LogP contribution is -1.97. The van der Waals surface area contributed by atoms with Gasteiger partial charge in [0.15, 0.2) is 0 Å². The molecule has 0 saturated carbocycles. The first-order valence-electron chi connectivity index (χ1n) is 5.29. The van der Waals surface area contributed by atoms with Crippen molar-refractivity contribution in [3.8, 4) is 16.9 Å². The fourth-order valence-corrected chi connectivity index (χ4v) is 2.24. The Morgan fingerprint density at radius 1 is 1.22 bits per heavy atom. The van der Waals surface area contributed by atoms with Crippen LogP contribution >= 0.6 is 15.9 Å². The molecule has 0 unspecified atom stereocenters. The molecule has 0 spiro atoms. The molecule has 0 aliphatic carbocycles. The van der Waals surface area contributed by atoms with E-state index < -0.39 is 5.97 Å². The standard InChI is InChI=1S/C14H11BrO3/c1-18-13-5-3-2-4-12(13)9-6-10(14(16)17)8-11(15)7-9/h2-8H,1H3,(H,16,17). The zero-order valence-corrected chi connectivity index (χ0v) is 11.3. The number of aromatic carboxylic acids is 1. The number of hydrogen-bond donors (Lipinski definition) is 1. The largest absolute Gasteiger partial charge is 0.496 e. The third-order valence-corrected chi connectivity index (χ3v) is 3.02. The second kappa shape index (κ2) is 5.23. The number of benzene rings is 2. The van der Waals surface area contributed by atoms with Crippen LogP contribution < -0.4 is 4.74 Å². The molecule has 0 heterocycles. The Hall–Kier alpha value is -1.81. The Labute approximate surface area is 113 Å². The third kappa shape index (κ3) is 2.54. The van der Waals surface area contributed by atoms with Crippen molar-refractivity contribution in [3.05, 3.63) is 52.5 Å². The number of carbonyl (C=O) groups is 1. The zero-order valence-electron chi connectivity index (χ0n) is 9.68. The van der Waals surface area contributed by atoms with E-state index in [0.717, 1.165) is 15.6 Å². The Balaban J connectivity index is 2.60. The van der Waals surface area contributed by atoms with Crippen molar-refractivity contribution < 1.29 is 14.6 Å². The molecule has 0 saturated heterocycles. The predicted octanol–water partition coefficient (Wildman–Crippen LogP) is 3.82. The van der Waals surface area contributed by atoms with Crippen molar-refractivity contribution in [3.63, 3.8) is 0 Å². The summed E-state index contributed by atoms with van der Waals surface area (Å²) in [4.78, 5) is 11.0. The maximum atomic E-state index is 11.0. The van der Waals surface area contributed by atoms with Gasteiger partial charge < -0.3 is 9.84 Å². The number of para-hydroxylation sites is 1. The lowest BCUT2D eigenvalue weighted by molar-refractivity contribution is 0.0697. The lowest BCUT2D eigenvalue weighted by Gasteiger charge is -2.09. The zero-order chi connectivity index (χ0) is 13.1. The van der Waals surface area contributed by atoms with Crippen LogP contribution in [-0.4, -0.2) is 18.2 Å². The van der Waals surface area contributed by atoms with Gasteiger partial charge in [0, 0.05) is 10.0 Å². The van der Waals surface area contributed by atoms with Gasteiger partial charge in [-0.25, -0.2) is 4.79 Å². The smallest absolute Gasteiger partial charge is 0.335 e. The molecule has 3 nitrogen and oxygen atoms in total. The van der Waals surface area contributed by atoms with Crippen LogP contribution in [0.3, 0.4) is 0 Å². The number of ether oxygens (including phenoxy) is 1. The minimum Gasteiger partial charge on any atom is -0.496 e. The number of methoxy groups -OCH3 is 1. The molecular formula is C14H11BrO3. The van der Waals surface area contributed by atoms with Crippen LogP contribution in [0.5, 0.6) is 5.75 Å². The Bertz CT molecular complexity index is 593. The van der Waals surface area contributed by atoms with Gasteiger partial charge in [-0.15, -0.1) is 0 Å². The Kier molecular flexibility index (Phi) is 3.67. The second-order valence-corrected chi connectivity index (χ2v) is 4.65. The topological polar surface area (TPSA) is 46.5 Å². The van der Waals surface area contributed by atoms with Gasteiger partial charge in [-0.2, -0.15) is 0 Å². The van der Waals surface area contributed by atoms with Crippen LogP contribution in [0.15, 0.2) is 46.9 Å². The van der Waals surface area contributed by atoms with Crippen LogP contribution in [0.2, 0.25) is 0 Å². The molecule has 0 aliphatic heterocycles. The predicted molar refractivity (Wildman–Crippen MR) is 73.1 cm³/mol. The summed E-state index contributed by atoms with van der Waals surface area (Å²) < 4.78 is 6.00. The van der Waals surface area contributed by atoms with E-state index in [-0.39, 0.29) is 5.56 Å². The number of carboxylic acids is 1. The molecule has 4 heteroatoms. The molecule has 18 heavy (non-hydrogen) atoms. The van der Waals surface area contributed by atoms with Gasteiger partial charge in [-0.1, -0.05) is 34.1 Å². The molecule has 0 amide bonds. The molecule has 0 bridgehead atoms. The van der Waals surface area contributed by atoms with Gasteiger partial charge in [0.1, 0.15) is 5.75 Å². The maximum absolute atomic E-state index is 11.0. The van der Waals surface area contributed by atoms with E-state index in [2.05, 4.69) is 15.9 Å². The summed E-state index contributed by atoms with van der Waals surface area (Å²) in [5, 5.41) is 9.06. The SMILES string of the molecule is COc1ccccc1-c1cc(Br)cc(C(=O)O)c1. The molecule has 0 radical (unpaired) electrons. The van der Waals surface area contributed by atoms with Gasteiger partial charge >= 0.3 is 5.97 Å². The molecule has 2 aromatic rings. The van der Waals surface area contributed by atoms with Gasteiger partial charge in [0.25, 0.3) is 0 Å². The minimum atomic E-state index is -0.951.